The average Bonchev–Trinajstić information content (AvgIpc) is 2.96. The van der Waals surface area contributed by atoms with Gasteiger partial charge in [0, 0.05) is 17.5 Å². The lowest BCUT2D eigenvalue weighted by Gasteiger charge is -2.32. The van der Waals surface area contributed by atoms with Crippen LogP contribution in [-0.4, -0.2) is 34.1 Å². The largest absolute Gasteiger partial charge is 0.507 e. The number of thiazole rings is 1. The van der Waals surface area contributed by atoms with Crippen molar-refractivity contribution in [3.63, 3.8) is 0 Å². The van der Waals surface area contributed by atoms with Crippen molar-refractivity contribution in [3.8, 4) is 0 Å². The highest BCUT2D eigenvalue weighted by Gasteiger charge is 2.53. The Balaban J connectivity index is 1.90. The molecule has 126 valence electrons. The number of hydrogen-bond donors (Lipinski definition) is 0. The standard InChI is InChI=1S/C16H18BClN2O3S/c1-9-13(17-22-15(2,3)16(4,5)23-17)24-14(20-9)12(21)10-6-7-19-11(18)8-10/h6-8H,1-5H3. The molecule has 3 rings (SSSR count). The van der Waals surface area contributed by atoms with E-state index >= 15 is 0 Å². The minimum absolute atomic E-state index is 0.185. The lowest BCUT2D eigenvalue weighted by atomic mass is 9.86. The lowest BCUT2D eigenvalue weighted by molar-refractivity contribution is 0.00578. The maximum Gasteiger partial charge on any atom is 0.507 e. The average molecular weight is 365 g/mol. The first kappa shape index (κ1) is 17.5. The second-order valence-corrected chi connectivity index (χ2v) is 8.17. The Bertz CT molecular complexity index is 790. The molecule has 1 aliphatic rings. The van der Waals surface area contributed by atoms with Gasteiger partial charge >= 0.3 is 7.12 Å². The summed E-state index contributed by atoms with van der Waals surface area (Å²) in [6, 6.07) is 3.16. The minimum Gasteiger partial charge on any atom is -0.399 e. The van der Waals surface area contributed by atoms with Crippen LogP contribution in [0.3, 0.4) is 0 Å². The van der Waals surface area contributed by atoms with E-state index in [9.17, 15) is 4.79 Å². The molecule has 0 saturated carbocycles. The van der Waals surface area contributed by atoms with E-state index in [2.05, 4.69) is 9.97 Å². The second kappa shape index (κ2) is 5.91. The number of aryl methyl sites for hydroxylation is 1. The Kier molecular flexibility index (Phi) is 4.32. The van der Waals surface area contributed by atoms with Gasteiger partial charge in [0.05, 0.1) is 16.0 Å². The third-order valence-electron chi connectivity index (χ3n) is 4.48. The molecule has 5 nitrogen and oxygen atoms in total. The lowest BCUT2D eigenvalue weighted by Crippen LogP contribution is -2.41. The zero-order valence-corrected chi connectivity index (χ0v) is 15.8. The predicted octanol–water partition coefficient (Wildman–Crippen LogP) is 3.03. The van der Waals surface area contributed by atoms with Crippen LogP contribution in [0, 0.1) is 6.92 Å². The number of aromatic nitrogens is 2. The van der Waals surface area contributed by atoms with Crippen LogP contribution in [0.1, 0.15) is 48.8 Å². The van der Waals surface area contributed by atoms with Crippen LogP contribution in [0.2, 0.25) is 5.15 Å². The van der Waals surface area contributed by atoms with E-state index < -0.39 is 18.3 Å². The van der Waals surface area contributed by atoms with Crippen LogP contribution >= 0.6 is 22.9 Å². The van der Waals surface area contributed by atoms with E-state index in [1.807, 2.05) is 34.6 Å². The molecule has 0 unspecified atom stereocenters. The molecule has 1 aliphatic heterocycles. The minimum atomic E-state index is -0.518. The van der Waals surface area contributed by atoms with Gasteiger partial charge in [0.1, 0.15) is 5.15 Å². The zero-order valence-electron chi connectivity index (χ0n) is 14.2. The zero-order chi connectivity index (χ0) is 17.7. The fourth-order valence-electron chi connectivity index (χ4n) is 2.34. The van der Waals surface area contributed by atoms with Gasteiger partial charge in [0.15, 0.2) is 5.01 Å². The highest BCUT2D eigenvalue weighted by Crippen LogP contribution is 2.37. The van der Waals surface area contributed by atoms with Gasteiger partial charge in [-0.05, 0) is 46.8 Å². The van der Waals surface area contributed by atoms with Crippen molar-refractivity contribution in [2.45, 2.75) is 45.8 Å². The topological polar surface area (TPSA) is 61.3 Å². The molecule has 2 aromatic heterocycles. The van der Waals surface area contributed by atoms with Crippen LogP contribution in [0.5, 0.6) is 0 Å². The van der Waals surface area contributed by atoms with Crippen molar-refractivity contribution < 1.29 is 14.1 Å². The van der Waals surface area contributed by atoms with Gasteiger partial charge in [0.2, 0.25) is 5.78 Å². The molecule has 0 spiro atoms. The summed E-state index contributed by atoms with van der Waals surface area (Å²) in [7, 11) is -0.518. The Morgan fingerprint density at radius 3 is 2.46 bits per heavy atom. The number of carbonyl (C=O) groups is 1. The van der Waals surface area contributed by atoms with Crippen LogP contribution in [0.25, 0.3) is 0 Å². The van der Waals surface area contributed by atoms with Gasteiger partial charge in [-0.15, -0.1) is 11.3 Å². The van der Waals surface area contributed by atoms with Crippen molar-refractivity contribution in [2.24, 2.45) is 0 Å². The number of hydrogen-bond acceptors (Lipinski definition) is 6. The molecule has 3 heterocycles. The Morgan fingerprint density at radius 1 is 1.25 bits per heavy atom. The van der Waals surface area contributed by atoms with E-state index in [4.69, 9.17) is 20.9 Å². The maximum atomic E-state index is 12.6. The van der Waals surface area contributed by atoms with Gasteiger partial charge in [-0.25, -0.2) is 9.97 Å². The fourth-order valence-corrected chi connectivity index (χ4v) is 3.50. The van der Waals surface area contributed by atoms with Gasteiger partial charge in [0.25, 0.3) is 0 Å². The van der Waals surface area contributed by atoms with Gasteiger partial charge in [-0.1, -0.05) is 11.6 Å². The first-order valence-corrected chi connectivity index (χ1v) is 8.79. The van der Waals surface area contributed by atoms with Crippen LogP contribution < -0.4 is 4.78 Å². The summed E-state index contributed by atoms with van der Waals surface area (Å²) in [5, 5.41) is 0.666. The molecule has 0 aliphatic carbocycles. The molecule has 1 saturated heterocycles. The van der Waals surface area contributed by atoms with Crippen LogP contribution in [-0.2, 0) is 9.31 Å². The summed E-state index contributed by atoms with van der Waals surface area (Å²) in [5.41, 5.74) is 0.333. The third-order valence-corrected chi connectivity index (χ3v) is 5.87. The van der Waals surface area contributed by atoms with E-state index in [-0.39, 0.29) is 10.9 Å². The Hall–Kier alpha value is -1.28. The number of halogens is 1. The second-order valence-electron chi connectivity index (χ2n) is 6.75. The SMILES string of the molecule is Cc1nc(C(=O)c2ccnc(Cl)c2)sc1B1OC(C)(C)C(C)(C)O1. The summed E-state index contributed by atoms with van der Waals surface area (Å²) >= 11 is 7.15. The highest BCUT2D eigenvalue weighted by molar-refractivity contribution is 7.23. The number of nitrogens with zero attached hydrogens (tertiary/aromatic N) is 2. The molecule has 24 heavy (non-hydrogen) atoms. The van der Waals surface area contributed by atoms with Crippen molar-refractivity contribution in [1.29, 1.82) is 0 Å². The summed E-state index contributed by atoms with van der Waals surface area (Å²) in [6.45, 7) is 9.83. The highest BCUT2D eigenvalue weighted by atomic mass is 35.5. The molecule has 0 N–H and O–H groups in total. The Morgan fingerprint density at radius 2 is 1.88 bits per heavy atom. The molecule has 2 aromatic rings. The van der Waals surface area contributed by atoms with Gasteiger partial charge < -0.3 is 9.31 Å². The molecule has 0 radical (unpaired) electrons. The molecule has 0 bridgehead atoms. The summed E-state index contributed by atoms with van der Waals surface area (Å²) < 4.78 is 12.9. The number of pyridine rings is 1. The predicted molar refractivity (Wildman–Crippen MR) is 95.2 cm³/mol. The van der Waals surface area contributed by atoms with E-state index in [1.54, 1.807) is 6.07 Å². The van der Waals surface area contributed by atoms with E-state index in [0.717, 1.165) is 10.5 Å². The van der Waals surface area contributed by atoms with Crippen LogP contribution in [0.15, 0.2) is 18.3 Å². The van der Waals surface area contributed by atoms with E-state index in [0.29, 0.717) is 10.6 Å². The smallest absolute Gasteiger partial charge is 0.399 e. The van der Waals surface area contributed by atoms with Crippen molar-refractivity contribution in [1.82, 2.24) is 9.97 Å². The molecule has 0 amide bonds. The van der Waals surface area contributed by atoms with Crippen molar-refractivity contribution in [3.05, 3.63) is 39.7 Å². The molecular formula is C16H18BClN2O3S. The third kappa shape index (κ3) is 3.01. The molecular weight excluding hydrogens is 347 g/mol. The van der Waals surface area contributed by atoms with E-state index in [1.165, 1.54) is 23.6 Å². The molecule has 1 fully saturated rings. The quantitative estimate of drug-likeness (QED) is 0.476. The fraction of sp³-hybridized carbons (Fsp3) is 0.438. The summed E-state index contributed by atoms with van der Waals surface area (Å²) in [6.07, 6.45) is 1.51. The first-order valence-electron chi connectivity index (χ1n) is 7.60. The van der Waals surface area contributed by atoms with Gasteiger partial charge in [-0.3, -0.25) is 4.79 Å². The summed E-state index contributed by atoms with van der Waals surface area (Å²) in [4.78, 5) is 20.9. The van der Waals surface area contributed by atoms with Crippen LogP contribution in [0.4, 0.5) is 0 Å². The normalized spacial score (nSPS) is 18.8. The molecule has 0 atom stereocenters. The number of carbonyl (C=O) groups excluding carboxylic acids is 1. The van der Waals surface area contributed by atoms with Crippen molar-refractivity contribution in [2.75, 3.05) is 0 Å². The number of ketones is 1. The molecule has 8 heteroatoms. The summed E-state index contributed by atoms with van der Waals surface area (Å²) in [5.74, 6) is -0.185. The number of rotatable bonds is 3. The van der Waals surface area contributed by atoms with Crippen molar-refractivity contribution >= 4 is 40.6 Å². The first-order chi connectivity index (χ1) is 11.1. The maximum absolute atomic E-state index is 12.6. The van der Waals surface area contributed by atoms with Gasteiger partial charge in [-0.2, -0.15) is 0 Å². The molecule has 0 aromatic carbocycles. The monoisotopic (exact) mass is 364 g/mol. The Labute approximate surface area is 150 Å².